The normalized spacial score (nSPS) is 39.9. The van der Waals surface area contributed by atoms with Crippen molar-refractivity contribution >= 4 is 0 Å². The maximum Gasteiger partial charge on any atom is 0.0268 e. The highest BCUT2D eigenvalue weighted by Gasteiger charge is 2.62. The molecule has 0 radical (unpaired) electrons. The Bertz CT molecular complexity index is 504. The van der Waals surface area contributed by atoms with Crippen LogP contribution >= 0.6 is 0 Å². The first-order chi connectivity index (χ1) is 10.0. The molecule has 21 heavy (non-hydrogen) atoms. The summed E-state index contributed by atoms with van der Waals surface area (Å²) in [7, 11) is 2.39. The standard InChI is InChI=1S/C20H29N/c1-19(2)18-10-16-9-17(11-18)13-20(19,12-16)21(3)14-15-7-5-4-6-8-15/h4-8,16-18H,9-14H2,1-3H3/t16-,17+,18?,20?. The van der Waals surface area contributed by atoms with Crippen LogP contribution < -0.4 is 0 Å². The number of hydrogen-bond donors (Lipinski definition) is 0. The van der Waals surface area contributed by atoms with E-state index >= 15 is 0 Å². The summed E-state index contributed by atoms with van der Waals surface area (Å²) in [5.74, 6) is 2.98. The Hall–Kier alpha value is -0.820. The molecule has 5 rings (SSSR count). The second-order valence-corrected chi connectivity index (χ2v) is 8.64. The molecule has 0 spiro atoms. The minimum atomic E-state index is 0.442. The minimum absolute atomic E-state index is 0.442. The van der Waals surface area contributed by atoms with Crippen molar-refractivity contribution < 1.29 is 0 Å². The predicted molar refractivity (Wildman–Crippen MR) is 88.0 cm³/mol. The van der Waals surface area contributed by atoms with E-state index in [2.05, 4.69) is 56.1 Å². The van der Waals surface area contributed by atoms with Gasteiger partial charge in [-0.25, -0.2) is 0 Å². The van der Waals surface area contributed by atoms with Crippen molar-refractivity contribution in [3.8, 4) is 0 Å². The van der Waals surface area contributed by atoms with Crippen molar-refractivity contribution in [3.05, 3.63) is 35.9 Å². The SMILES string of the molecule is CN(Cc1ccccc1)C12C[C@@H]3CC(C[C@@H](C3)C1)C2(C)C. The first kappa shape index (κ1) is 13.8. The van der Waals surface area contributed by atoms with E-state index in [4.69, 9.17) is 0 Å². The molecule has 0 saturated heterocycles. The zero-order valence-corrected chi connectivity index (χ0v) is 13.8. The third-order valence-electron chi connectivity index (χ3n) is 7.37. The first-order valence-electron chi connectivity index (χ1n) is 8.76. The van der Waals surface area contributed by atoms with Crippen LogP contribution in [0.2, 0.25) is 0 Å². The van der Waals surface area contributed by atoms with E-state index in [1.54, 1.807) is 0 Å². The molecule has 1 aromatic carbocycles. The van der Waals surface area contributed by atoms with E-state index in [0.717, 1.165) is 24.3 Å². The van der Waals surface area contributed by atoms with Gasteiger partial charge in [-0.2, -0.15) is 0 Å². The van der Waals surface area contributed by atoms with Crippen LogP contribution in [-0.4, -0.2) is 17.5 Å². The van der Waals surface area contributed by atoms with E-state index in [1.807, 2.05) is 0 Å². The molecule has 0 heterocycles. The molecule has 4 bridgehead atoms. The molecule has 0 amide bonds. The second kappa shape index (κ2) is 4.59. The third-order valence-corrected chi connectivity index (χ3v) is 7.37. The summed E-state index contributed by atoms with van der Waals surface area (Å²) in [6.07, 6.45) is 7.41. The lowest BCUT2D eigenvalue weighted by Gasteiger charge is -2.68. The molecule has 4 fully saturated rings. The molecule has 4 saturated carbocycles. The molecule has 4 aliphatic carbocycles. The molecule has 2 unspecified atom stereocenters. The molecule has 0 aromatic heterocycles. The van der Waals surface area contributed by atoms with Crippen molar-refractivity contribution in [2.45, 2.75) is 58.0 Å². The number of rotatable bonds is 3. The van der Waals surface area contributed by atoms with Crippen molar-refractivity contribution in [2.24, 2.45) is 23.2 Å². The monoisotopic (exact) mass is 283 g/mol. The van der Waals surface area contributed by atoms with Gasteiger partial charge in [-0.1, -0.05) is 44.2 Å². The van der Waals surface area contributed by atoms with Gasteiger partial charge in [0.05, 0.1) is 0 Å². The van der Waals surface area contributed by atoms with Crippen LogP contribution in [0.25, 0.3) is 0 Å². The molecule has 0 aliphatic heterocycles. The second-order valence-electron chi connectivity index (χ2n) is 8.64. The Morgan fingerprint density at radius 2 is 1.62 bits per heavy atom. The Labute approximate surface area is 129 Å². The maximum absolute atomic E-state index is 2.73. The van der Waals surface area contributed by atoms with Crippen LogP contribution in [0.5, 0.6) is 0 Å². The van der Waals surface area contributed by atoms with Crippen LogP contribution in [0.15, 0.2) is 30.3 Å². The quantitative estimate of drug-likeness (QED) is 0.775. The molecule has 1 nitrogen and oxygen atoms in total. The number of hydrogen-bond acceptors (Lipinski definition) is 1. The number of benzene rings is 1. The average Bonchev–Trinajstić information content (AvgIpc) is 2.45. The zero-order valence-electron chi connectivity index (χ0n) is 13.8. The molecular weight excluding hydrogens is 254 g/mol. The summed E-state index contributed by atoms with van der Waals surface area (Å²) in [5, 5.41) is 0. The van der Waals surface area contributed by atoms with E-state index in [0.29, 0.717) is 11.0 Å². The van der Waals surface area contributed by atoms with Gasteiger partial charge in [0, 0.05) is 12.1 Å². The highest BCUT2D eigenvalue weighted by Crippen LogP contribution is 2.65. The topological polar surface area (TPSA) is 3.24 Å². The summed E-state index contributed by atoms with van der Waals surface area (Å²) >= 11 is 0. The van der Waals surface area contributed by atoms with Gasteiger partial charge in [0.25, 0.3) is 0 Å². The van der Waals surface area contributed by atoms with Crippen molar-refractivity contribution in [3.63, 3.8) is 0 Å². The molecule has 4 aliphatic rings. The summed E-state index contributed by atoms with van der Waals surface area (Å²) in [5.41, 5.74) is 2.38. The van der Waals surface area contributed by atoms with Crippen LogP contribution in [0.4, 0.5) is 0 Å². The number of nitrogens with zero attached hydrogens (tertiary/aromatic N) is 1. The van der Waals surface area contributed by atoms with Gasteiger partial charge < -0.3 is 0 Å². The van der Waals surface area contributed by atoms with Gasteiger partial charge in [0.2, 0.25) is 0 Å². The summed E-state index contributed by atoms with van der Waals surface area (Å²) in [4.78, 5) is 2.73. The van der Waals surface area contributed by atoms with E-state index in [9.17, 15) is 0 Å². The van der Waals surface area contributed by atoms with E-state index in [-0.39, 0.29) is 0 Å². The molecule has 4 atom stereocenters. The van der Waals surface area contributed by atoms with Crippen LogP contribution in [0.1, 0.15) is 51.5 Å². The summed E-state index contributed by atoms with van der Waals surface area (Å²) in [6.45, 7) is 6.24. The molecular formula is C20H29N. The highest BCUT2D eigenvalue weighted by molar-refractivity contribution is 5.19. The van der Waals surface area contributed by atoms with Crippen molar-refractivity contribution in [1.82, 2.24) is 4.90 Å². The molecule has 1 heteroatoms. The lowest BCUT2D eigenvalue weighted by molar-refractivity contribution is -0.175. The molecule has 0 N–H and O–H groups in total. The van der Waals surface area contributed by atoms with Crippen LogP contribution in [0.3, 0.4) is 0 Å². The van der Waals surface area contributed by atoms with Gasteiger partial charge in [0.1, 0.15) is 0 Å². The fourth-order valence-electron chi connectivity index (χ4n) is 6.24. The van der Waals surface area contributed by atoms with Crippen molar-refractivity contribution in [1.29, 1.82) is 0 Å². The lowest BCUT2D eigenvalue weighted by atomic mass is 9.42. The Morgan fingerprint density at radius 3 is 2.24 bits per heavy atom. The minimum Gasteiger partial charge on any atom is -0.296 e. The summed E-state index contributed by atoms with van der Waals surface area (Å²) in [6, 6.07) is 11.0. The smallest absolute Gasteiger partial charge is 0.0268 e. The summed E-state index contributed by atoms with van der Waals surface area (Å²) < 4.78 is 0. The van der Waals surface area contributed by atoms with Gasteiger partial charge in [-0.05, 0) is 67.9 Å². The van der Waals surface area contributed by atoms with E-state index in [1.165, 1.54) is 37.7 Å². The van der Waals surface area contributed by atoms with Crippen LogP contribution in [0, 0.1) is 23.2 Å². The average molecular weight is 283 g/mol. The third kappa shape index (κ3) is 1.93. The largest absolute Gasteiger partial charge is 0.296 e. The zero-order chi connectivity index (χ0) is 14.7. The van der Waals surface area contributed by atoms with Gasteiger partial charge >= 0.3 is 0 Å². The highest BCUT2D eigenvalue weighted by atomic mass is 15.2. The fraction of sp³-hybridized carbons (Fsp3) is 0.700. The van der Waals surface area contributed by atoms with Gasteiger partial charge in [0.15, 0.2) is 0 Å². The Balaban J connectivity index is 1.65. The van der Waals surface area contributed by atoms with Crippen molar-refractivity contribution in [2.75, 3.05) is 7.05 Å². The lowest BCUT2D eigenvalue weighted by Crippen LogP contribution is -2.68. The Morgan fingerprint density at radius 1 is 1.00 bits per heavy atom. The molecule has 114 valence electrons. The predicted octanol–water partition coefficient (Wildman–Crippen LogP) is 4.72. The maximum atomic E-state index is 2.73. The fourth-order valence-corrected chi connectivity index (χ4v) is 6.24. The van der Waals surface area contributed by atoms with E-state index < -0.39 is 0 Å². The Kier molecular flexibility index (Phi) is 3.02. The molecule has 1 aromatic rings. The van der Waals surface area contributed by atoms with Crippen LogP contribution in [-0.2, 0) is 6.54 Å². The first-order valence-corrected chi connectivity index (χ1v) is 8.76. The van der Waals surface area contributed by atoms with Gasteiger partial charge in [-0.3, -0.25) is 4.90 Å². The van der Waals surface area contributed by atoms with Gasteiger partial charge in [-0.15, -0.1) is 0 Å².